The van der Waals surface area contributed by atoms with Crippen LogP contribution in [0.2, 0.25) is 0 Å². The van der Waals surface area contributed by atoms with Crippen molar-refractivity contribution in [1.29, 1.82) is 0 Å². The van der Waals surface area contributed by atoms with Crippen molar-refractivity contribution in [3.05, 3.63) is 117 Å². The van der Waals surface area contributed by atoms with E-state index < -0.39 is 58.4 Å². The number of nitrogens with zero attached hydrogens (tertiary/aromatic N) is 6. The number of imide groups is 2. The van der Waals surface area contributed by atoms with E-state index in [9.17, 15) is 37.5 Å². The molecule has 8 rings (SSSR count). The van der Waals surface area contributed by atoms with Crippen molar-refractivity contribution in [2.24, 2.45) is 0 Å². The van der Waals surface area contributed by atoms with Crippen LogP contribution in [0.5, 0.6) is 0 Å². The van der Waals surface area contributed by atoms with Gasteiger partial charge < -0.3 is 30.2 Å². The summed E-state index contributed by atoms with van der Waals surface area (Å²) in [6, 6.07) is 11.0. The summed E-state index contributed by atoms with van der Waals surface area (Å²) in [5, 5.41) is 9.28. The zero-order chi connectivity index (χ0) is 46.1. The number of urea groups is 2. The van der Waals surface area contributed by atoms with E-state index in [0.717, 1.165) is 47.7 Å². The second kappa shape index (κ2) is 18.0. The summed E-state index contributed by atoms with van der Waals surface area (Å²) >= 11 is 0. The minimum absolute atomic E-state index is 0.0582. The molecule has 0 unspecified atom stereocenters. The van der Waals surface area contributed by atoms with Crippen LogP contribution >= 0.6 is 0 Å². The summed E-state index contributed by atoms with van der Waals surface area (Å²) in [5.41, 5.74) is 2.25. The lowest BCUT2D eigenvalue weighted by atomic mass is 9.91. The molecule has 0 spiro atoms. The number of amides is 8. The fraction of sp³-hybridized carbons (Fsp3) is 0.391. The summed E-state index contributed by atoms with van der Waals surface area (Å²) < 4.78 is 29.7. The lowest BCUT2D eigenvalue weighted by molar-refractivity contribution is -0.124. The van der Waals surface area contributed by atoms with Gasteiger partial charge in [0, 0.05) is 64.8 Å². The Morgan fingerprint density at radius 2 is 0.953 bits per heavy atom. The topological polar surface area (TPSA) is 189 Å². The smallest absolute Gasteiger partial charge is 0.322 e. The van der Waals surface area contributed by atoms with Gasteiger partial charge in [-0.05, 0) is 98.2 Å². The Labute approximate surface area is 369 Å². The average molecular weight is 879 g/mol. The number of aromatic nitrogens is 2. The van der Waals surface area contributed by atoms with Gasteiger partial charge in [-0.1, -0.05) is 38.1 Å². The Morgan fingerprint density at radius 3 is 1.23 bits per heavy atom. The average Bonchev–Trinajstić information content (AvgIpc) is 3.72. The van der Waals surface area contributed by atoms with E-state index in [2.05, 4.69) is 67.0 Å². The first kappa shape index (κ1) is 45.1. The fourth-order valence-corrected chi connectivity index (χ4v) is 8.38. The monoisotopic (exact) mass is 878 g/mol. The number of rotatable bonds is 8. The van der Waals surface area contributed by atoms with Crippen molar-refractivity contribution in [2.75, 3.05) is 62.2 Å². The molecule has 336 valence electrons. The van der Waals surface area contributed by atoms with E-state index in [1.54, 1.807) is 9.80 Å². The number of anilines is 2. The van der Waals surface area contributed by atoms with Crippen LogP contribution in [-0.2, 0) is 33.5 Å². The van der Waals surface area contributed by atoms with Crippen molar-refractivity contribution in [1.82, 2.24) is 41.0 Å². The van der Waals surface area contributed by atoms with Crippen LogP contribution in [-0.4, -0.2) is 108 Å². The SMILES string of the molecule is CCc1cnc(N2CCN(C(=O)c3ccc([C@@]4(C)NC(=O)NC4=O)cc3F)CC2)c(C)c1.CCc1cnc(N2CCN(C(=O)c3ccc([C@]4(C)NC(=O)NC4=O)cc3F)CC2)c(C)c1. The van der Waals surface area contributed by atoms with Crippen molar-refractivity contribution >= 4 is 47.3 Å². The number of aryl methyl sites for hydroxylation is 4. The molecule has 4 saturated heterocycles. The molecule has 8 amide bonds. The first-order chi connectivity index (χ1) is 30.4. The van der Waals surface area contributed by atoms with E-state index in [4.69, 9.17) is 0 Å². The molecule has 0 aliphatic carbocycles. The first-order valence-electron chi connectivity index (χ1n) is 21.3. The van der Waals surface area contributed by atoms with Crippen molar-refractivity contribution < 1.29 is 37.5 Å². The maximum Gasteiger partial charge on any atom is 0.322 e. The van der Waals surface area contributed by atoms with Crippen LogP contribution in [0.15, 0.2) is 60.9 Å². The van der Waals surface area contributed by atoms with Crippen LogP contribution in [0.1, 0.15) is 81.8 Å². The zero-order valence-corrected chi connectivity index (χ0v) is 36.7. The Hall–Kier alpha value is -6.98. The number of piperazine rings is 2. The number of pyridine rings is 2. The molecule has 6 heterocycles. The minimum Gasteiger partial charge on any atom is -0.353 e. The molecule has 2 atom stereocenters. The molecule has 2 aromatic heterocycles. The molecule has 16 nitrogen and oxygen atoms in total. The molecule has 18 heteroatoms. The summed E-state index contributed by atoms with van der Waals surface area (Å²) in [7, 11) is 0. The summed E-state index contributed by atoms with van der Waals surface area (Å²) in [4.78, 5) is 89.7. The van der Waals surface area contributed by atoms with Crippen molar-refractivity contribution in [2.45, 2.75) is 65.5 Å². The van der Waals surface area contributed by atoms with Crippen molar-refractivity contribution in [3.63, 3.8) is 0 Å². The molecule has 2 aromatic carbocycles. The van der Waals surface area contributed by atoms with Gasteiger partial charge in [-0.3, -0.25) is 29.8 Å². The number of nitrogens with one attached hydrogen (secondary N) is 4. The van der Waals surface area contributed by atoms with Crippen LogP contribution in [0, 0.1) is 25.5 Å². The lowest BCUT2D eigenvalue weighted by Crippen LogP contribution is -2.49. The summed E-state index contributed by atoms with van der Waals surface area (Å²) in [6.45, 7) is 15.5. The van der Waals surface area contributed by atoms with Crippen LogP contribution < -0.4 is 31.1 Å². The van der Waals surface area contributed by atoms with Gasteiger partial charge >= 0.3 is 12.1 Å². The van der Waals surface area contributed by atoms with Gasteiger partial charge in [-0.25, -0.2) is 28.3 Å². The largest absolute Gasteiger partial charge is 0.353 e. The normalized spacial score (nSPS) is 20.9. The Kier molecular flexibility index (Phi) is 12.7. The van der Waals surface area contributed by atoms with Crippen LogP contribution in [0.25, 0.3) is 0 Å². The molecule has 4 aliphatic rings. The molecule has 64 heavy (non-hydrogen) atoms. The second-order valence-corrected chi connectivity index (χ2v) is 16.7. The molecule has 0 radical (unpaired) electrons. The molecule has 4 N–H and O–H groups in total. The first-order valence-corrected chi connectivity index (χ1v) is 21.3. The quantitative estimate of drug-likeness (QED) is 0.187. The summed E-state index contributed by atoms with van der Waals surface area (Å²) in [6.07, 6.45) is 5.61. The van der Waals surface area contributed by atoms with E-state index in [0.29, 0.717) is 52.4 Å². The Balaban J connectivity index is 0.000000191. The maximum atomic E-state index is 14.9. The van der Waals surface area contributed by atoms with E-state index in [1.807, 2.05) is 26.2 Å². The lowest BCUT2D eigenvalue weighted by Gasteiger charge is -2.36. The number of hydrogen-bond donors (Lipinski definition) is 4. The zero-order valence-electron chi connectivity index (χ0n) is 36.7. The number of carbonyl (C=O) groups is 6. The number of benzene rings is 2. The standard InChI is InChI=1S/2C23H26FN5O3/c2*1-4-15-11-14(2)19(25-13-15)28-7-9-29(10-8-28)20(30)17-6-5-16(12-18(17)24)23(3)21(31)26-22(32)27-23/h2*5-6,11-13H,4,7-10H2,1-3H3,(H2,26,27,31,32)/t2*23-/m10/s1. The van der Waals surface area contributed by atoms with Gasteiger partial charge in [0.1, 0.15) is 34.3 Å². The third-order valence-electron chi connectivity index (χ3n) is 12.4. The van der Waals surface area contributed by atoms with Gasteiger partial charge in [0.2, 0.25) is 0 Å². The number of halogens is 2. The minimum atomic E-state index is -1.37. The Bertz CT molecular complexity index is 2370. The van der Waals surface area contributed by atoms with Gasteiger partial charge in [-0.2, -0.15) is 0 Å². The van der Waals surface area contributed by atoms with E-state index >= 15 is 0 Å². The van der Waals surface area contributed by atoms with Gasteiger partial charge in [0.25, 0.3) is 23.6 Å². The molecule has 0 saturated carbocycles. The third-order valence-corrected chi connectivity index (χ3v) is 12.4. The predicted octanol–water partition coefficient (Wildman–Crippen LogP) is 4.22. The van der Waals surface area contributed by atoms with Crippen molar-refractivity contribution in [3.8, 4) is 0 Å². The number of hydrogen-bond acceptors (Lipinski definition) is 10. The fourth-order valence-electron chi connectivity index (χ4n) is 8.38. The van der Waals surface area contributed by atoms with Gasteiger partial charge in [0.15, 0.2) is 0 Å². The van der Waals surface area contributed by atoms with E-state index in [1.165, 1.54) is 49.2 Å². The molecule has 0 bridgehead atoms. The highest BCUT2D eigenvalue weighted by Crippen LogP contribution is 2.29. The van der Waals surface area contributed by atoms with Gasteiger partial charge in [-0.15, -0.1) is 0 Å². The van der Waals surface area contributed by atoms with Gasteiger partial charge in [0.05, 0.1) is 11.1 Å². The molecular formula is C46H52F2N10O6. The molecule has 4 fully saturated rings. The summed E-state index contributed by atoms with van der Waals surface area (Å²) in [5.74, 6) is -1.55. The highest BCUT2D eigenvalue weighted by atomic mass is 19.1. The molecule has 4 aromatic rings. The molecule has 4 aliphatic heterocycles. The highest BCUT2D eigenvalue weighted by molar-refractivity contribution is 6.08. The van der Waals surface area contributed by atoms with E-state index in [-0.39, 0.29) is 22.3 Å². The number of carbonyl (C=O) groups excluding carboxylic acids is 6. The maximum absolute atomic E-state index is 14.9. The highest BCUT2D eigenvalue weighted by Gasteiger charge is 2.45. The van der Waals surface area contributed by atoms with Crippen LogP contribution in [0.3, 0.4) is 0 Å². The third kappa shape index (κ3) is 8.81. The Morgan fingerprint density at radius 1 is 0.594 bits per heavy atom. The molecular weight excluding hydrogens is 827 g/mol. The predicted molar refractivity (Wildman–Crippen MR) is 234 cm³/mol. The second-order valence-electron chi connectivity index (χ2n) is 16.7. The van der Waals surface area contributed by atoms with Crippen LogP contribution in [0.4, 0.5) is 30.0 Å².